The molecule has 0 atom stereocenters. The summed E-state index contributed by atoms with van der Waals surface area (Å²) < 4.78 is 0. The van der Waals surface area contributed by atoms with Gasteiger partial charge >= 0.3 is 0 Å². The third-order valence-corrected chi connectivity index (χ3v) is 21.2. The Balaban J connectivity index is 0.768. The van der Waals surface area contributed by atoms with Gasteiger partial charge in [0.1, 0.15) is 0 Å². The van der Waals surface area contributed by atoms with Gasteiger partial charge in [-0.2, -0.15) is 0 Å². The first-order valence-corrected chi connectivity index (χ1v) is 34.8. The van der Waals surface area contributed by atoms with Gasteiger partial charge in [-0.3, -0.25) is 0 Å². The predicted molar refractivity (Wildman–Crippen MR) is 416 cm³/mol. The minimum atomic E-state index is -0.712. The highest BCUT2D eigenvalue weighted by molar-refractivity contribution is 6.04. The van der Waals surface area contributed by atoms with Crippen LogP contribution in [0.5, 0.6) is 0 Å². The molecule has 0 amide bonds. The van der Waals surface area contributed by atoms with Crippen LogP contribution in [0.15, 0.2) is 364 Å². The number of nitrogens with zero attached hydrogens (tertiary/aromatic N) is 6. The van der Waals surface area contributed by atoms with E-state index in [1.165, 1.54) is 72.1 Å². The zero-order valence-electron chi connectivity index (χ0n) is 55.3. The van der Waals surface area contributed by atoms with Crippen LogP contribution in [-0.2, 0) is 10.8 Å². The van der Waals surface area contributed by atoms with Crippen molar-refractivity contribution in [2.24, 2.45) is 0 Å². The maximum atomic E-state index is 5.38. The average molecular weight is 1300 g/mol. The zero-order chi connectivity index (χ0) is 67.3. The number of fused-ring (bicyclic) bond motifs is 10. The summed E-state index contributed by atoms with van der Waals surface area (Å²) in [6.45, 7) is 0. The van der Waals surface area contributed by atoms with Crippen molar-refractivity contribution in [3.05, 3.63) is 408 Å². The topological polar surface area (TPSA) is 77.3 Å². The highest BCUT2D eigenvalue weighted by Crippen LogP contribution is 2.60. The van der Waals surface area contributed by atoms with Gasteiger partial charge in [0.25, 0.3) is 0 Å². The molecule has 0 fully saturated rings. The van der Waals surface area contributed by atoms with E-state index in [1.807, 2.05) is 36.4 Å². The molecule has 0 aliphatic heterocycles. The van der Waals surface area contributed by atoms with Crippen LogP contribution in [0.3, 0.4) is 0 Å². The van der Waals surface area contributed by atoms with Gasteiger partial charge in [-0.05, 0) is 176 Å². The van der Waals surface area contributed by atoms with E-state index in [1.54, 1.807) is 0 Å². The van der Waals surface area contributed by atoms with Crippen LogP contribution < -0.4 is 0 Å². The second-order valence-corrected chi connectivity index (χ2v) is 26.8. The number of rotatable bonds is 11. The summed E-state index contributed by atoms with van der Waals surface area (Å²) in [5.41, 5.74) is 20.8. The van der Waals surface area contributed by atoms with E-state index in [9.17, 15) is 0 Å². The summed E-state index contributed by atoms with van der Waals surface area (Å²) in [6.07, 6.45) is 0. The first-order valence-electron chi connectivity index (χ1n) is 34.8. The number of hydrogen-bond donors (Lipinski definition) is 0. The third-order valence-electron chi connectivity index (χ3n) is 21.2. The van der Waals surface area contributed by atoms with E-state index in [2.05, 4.69) is 328 Å². The van der Waals surface area contributed by atoms with Gasteiger partial charge in [-0.25, -0.2) is 29.9 Å². The van der Waals surface area contributed by atoms with E-state index < -0.39 is 10.8 Å². The van der Waals surface area contributed by atoms with Gasteiger partial charge in [-0.15, -0.1) is 0 Å². The summed E-state index contributed by atoms with van der Waals surface area (Å²) in [5.74, 6) is 3.73. The highest BCUT2D eigenvalue weighted by Gasteiger charge is 2.49. The number of aromatic nitrogens is 6. The fourth-order valence-corrected chi connectivity index (χ4v) is 16.5. The molecule has 0 bridgehead atoms. The Morgan fingerprint density at radius 2 is 0.471 bits per heavy atom. The Hall–Kier alpha value is -13.4. The second kappa shape index (κ2) is 23.7. The smallest absolute Gasteiger partial charge is 0.164 e. The van der Waals surface area contributed by atoms with Gasteiger partial charge in [0.15, 0.2) is 34.9 Å². The van der Waals surface area contributed by atoms with Crippen molar-refractivity contribution in [2.75, 3.05) is 0 Å². The van der Waals surface area contributed by atoms with Crippen LogP contribution in [0.2, 0.25) is 0 Å². The standard InChI is InChI=1S/C96H60N6/c1-7-26-63(27-8-1)89-97-91(71-45-42-61-24-19-21-30-65(61)52-71)100-92(98-89)73-47-44-69-58-87-83(55-74(69)54-73)79-50-48-67(56-85(79)95(87,75-33-11-3-12-34-75)76-35-13-4-14-36-76)68-49-51-80-84-60-82-70(59-88(84)96(86(80)57-68,77-37-15-5-16-38-77)78-39-17-6-18-40-78)32-23-41-81(82)94-101-90(64-28-9-2-10-29-64)99-93(102-94)72-46-43-62-25-20-22-31-66(62)53-72/h1-60H. The molecule has 0 N–H and O–H groups in total. The van der Waals surface area contributed by atoms with E-state index in [-0.39, 0.29) is 0 Å². The molecule has 0 spiro atoms. The van der Waals surface area contributed by atoms with Gasteiger partial charge in [0, 0.05) is 33.4 Å². The lowest BCUT2D eigenvalue weighted by molar-refractivity contribution is 0.768. The molecule has 474 valence electrons. The molecule has 2 aliphatic carbocycles. The van der Waals surface area contributed by atoms with Crippen molar-refractivity contribution in [1.29, 1.82) is 0 Å². The largest absolute Gasteiger partial charge is 0.208 e. The maximum absolute atomic E-state index is 5.38. The molecule has 6 nitrogen and oxygen atoms in total. The van der Waals surface area contributed by atoms with Gasteiger partial charge in [0.05, 0.1) is 10.8 Å². The summed E-state index contributed by atoms with van der Waals surface area (Å²) in [7, 11) is 0. The molecular weight excluding hydrogens is 1240 g/mol. The van der Waals surface area contributed by atoms with Crippen LogP contribution in [0.4, 0.5) is 0 Å². The molecule has 6 heteroatoms. The molecule has 20 rings (SSSR count). The minimum Gasteiger partial charge on any atom is -0.208 e. The third kappa shape index (κ3) is 9.41. The summed E-state index contributed by atoms with van der Waals surface area (Å²) in [6, 6.07) is 132. The molecule has 0 saturated heterocycles. The van der Waals surface area contributed by atoms with Gasteiger partial charge in [-0.1, -0.05) is 309 Å². The fourth-order valence-electron chi connectivity index (χ4n) is 16.5. The van der Waals surface area contributed by atoms with Crippen molar-refractivity contribution < 1.29 is 0 Å². The fraction of sp³-hybridized carbons (Fsp3) is 0.0208. The Morgan fingerprint density at radius 3 is 0.912 bits per heavy atom. The molecular formula is C96H60N6. The Labute approximate surface area is 590 Å². The van der Waals surface area contributed by atoms with Crippen molar-refractivity contribution in [2.45, 2.75) is 10.8 Å². The molecule has 2 aliphatic rings. The van der Waals surface area contributed by atoms with Crippen LogP contribution in [0, 0.1) is 0 Å². The van der Waals surface area contributed by atoms with E-state index in [0.717, 1.165) is 82.2 Å². The SMILES string of the molecule is c1ccc(-c2nc(-c3ccc4ccccc4c3)nc(-c3ccc4cc5c(cc4c3)-c3ccc(-c4ccc6c(c4)C(c4ccccc4)(c4ccccc4)c4cc7cccc(-c8nc(-c9ccccc9)nc(-c9ccc%10ccccc%10c9)n8)c7cc4-6)cc3C5(c3ccccc3)c3ccccc3)n2)cc1. The highest BCUT2D eigenvalue weighted by atomic mass is 15.0. The van der Waals surface area contributed by atoms with Gasteiger partial charge in [0.2, 0.25) is 0 Å². The van der Waals surface area contributed by atoms with Crippen molar-refractivity contribution in [3.63, 3.8) is 0 Å². The molecule has 18 aromatic rings. The van der Waals surface area contributed by atoms with Crippen molar-refractivity contribution in [3.8, 4) is 102 Å². The molecule has 16 aromatic carbocycles. The lowest BCUT2D eigenvalue weighted by Crippen LogP contribution is -2.28. The Bertz CT molecular complexity index is 6280. The molecule has 102 heavy (non-hydrogen) atoms. The van der Waals surface area contributed by atoms with Crippen LogP contribution in [-0.4, -0.2) is 29.9 Å². The van der Waals surface area contributed by atoms with E-state index >= 15 is 0 Å². The quantitative estimate of drug-likeness (QED) is 0.128. The van der Waals surface area contributed by atoms with Crippen LogP contribution >= 0.6 is 0 Å². The first kappa shape index (κ1) is 58.7. The molecule has 0 saturated carbocycles. The monoisotopic (exact) mass is 1300 g/mol. The van der Waals surface area contributed by atoms with Gasteiger partial charge < -0.3 is 0 Å². The van der Waals surface area contributed by atoms with Crippen molar-refractivity contribution in [1.82, 2.24) is 29.9 Å². The van der Waals surface area contributed by atoms with Crippen LogP contribution in [0.25, 0.3) is 145 Å². The Kier molecular flexibility index (Phi) is 13.6. The lowest BCUT2D eigenvalue weighted by Gasteiger charge is -2.35. The molecule has 2 aromatic heterocycles. The van der Waals surface area contributed by atoms with E-state index in [0.29, 0.717) is 34.9 Å². The number of hydrogen-bond acceptors (Lipinski definition) is 6. The summed E-state index contributed by atoms with van der Waals surface area (Å²) in [5, 5.41) is 8.97. The Morgan fingerprint density at radius 1 is 0.157 bits per heavy atom. The maximum Gasteiger partial charge on any atom is 0.164 e. The second-order valence-electron chi connectivity index (χ2n) is 26.8. The predicted octanol–water partition coefficient (Wildman–Crippen LogP) is 23.1. The molecule has 2 heterocycles. The average Bonchev–Trinajstić information content (AvgIpc) is 1.53. The number of benzene rings is 16. The molecule has 0 radical (unpaired) electrons. The minimum absolute atomic E-state index is 0.616. The van der Waals surface area contributed by atoms with Crippen molar-refractivity contribution >= 4 is 43.1 Å². The zero-order valence-corrected chi connectivity index (χ0v) is 55.3. The first-order chi connectivity index (χ1) is 50.5. The van der Waals surface area contributed by atoms with E-state index in [4.69, 9.17) is 29.9 Å². The summed E-state index contributed by atoms with van der Waals surface area (Å²) >= 11 is 0. The van der Waals surface area contributed by atoms with Crippen LogP contribution in [0.1, 0.15) is 44.5 Å². The summed E-state index contributed by atoms with van der Waals surface area (Å²) in [4.78, 5) is 31.5. The normalized spacial score (nSPS) is 13.1. The molecule has 0 unspecified atom stereocenters. The lowest BCUT2D eigenvalue weighted by atomic mass is 9.66.